The highest BCUT2D eigenvalue weighted by Gasteiger charge is 2.14. The minimum atomic E-state index is 0.0135. The van der Waals surface area contributed by atoms with E-state index in [1.165, 1.54) is 0 Å². The molecule has 0 atom stereocenters. The Bertz CT molecular complexity index is 850. The molecule has 0 aliphatic rings. The number of fused-ring (bicyclic) bond motifs is 1. The van der Waals surface area contributed by atoms with Crippen LogP contribution in [0.15, 0.2) is 24.3 Å². The molecule has 0 aliphatic carbocycles. The molecule has 3 rings (SSSR count). The number of nitrogens with zero attached hydrogens (tertiary/aromatic N) is 3. The first kappa shape index (κ1) is 15.7. The summed E-state index contributed by atoms with van der Waals surface area (Å²) in [6, 6.07) is 7.96. The van der Waals surface area contributed by atoms with E-state index in [1.54, 1.807) is 11.3 Å². The van der Waals surface area contributed by atoms with Crippen LogP contribution in [0.1, 0.15) is 34.4 Å². The van der Waals surface area contributed by atoms with Crippen LogP contribution < -0.4 is 5.32 Å². The van der Waals surface area contributed by atoms with Gasteiger partial charge in [-0.2, -0.15) is 5.10 Å². The van der Waals surface area contributed by atoms with E-state index >= 15 is 0 Å². The number of rotatable bonds is 5. The van der Waals surface area contributed by atoms with Crippen molar-refractivity contribution in [2.75, 3.05) is 0 Å². The zero-order valence-corrected chi connectivity index (χ0v) is 14.4. The number of aryl methyl sites for hydroxylation is 3. The normalized spacial score (nSPS) is 11.1. The average Bonchev–Trinajstić information content (AvgIpc) is 3.04. The molecule has 0 fully saturated rings. The molecule has 0 saturated heterocycles. The molecule has 6 heteroatoms. The van der Waals surface area contributed by atoms with E-state index in [9.17, 15) is 4.79 Å². The molecule has 2 aromatic heterocycles. The van der Waals surface area contributed by atoms with Gasteiger partial charge in [-0.3, -0.25) is 4.79 Å². The Hall–Kier alpha value is -2.21. The zero-order chi connectivity index (χ0) is 16.4. The second-order valence-electron chi connectivity index (χ2n) is 5.57. The Kier molecular flexibility index (Phi) is 4.43. The molecule has 1 N–H and O–H groups in total. The number of amides is 1. The van der Waals surface area contributed by atoms with Crippen LogP contribution in [0.4, 0.5) is 0 Å². The van der Waals surface area contributed by atoms with Crippen LogP contribution >= 0.6 is 11.3 Å². The van der Waals surface area contributed by atoms with Gasteiger partial charge in [-0.15, -0.1) is 0 Å². The van der Waals surface area contributed by atoms with Gasteiger partial charge in [-0.1, -0.05) is 42.5 Å². The highest BCUT2D eigenvalue weighted by molar-refractivity contribution is 7.16. The van der Waals surface area contributed by atoms with Crippen molar-refractivity contribution in [3.63, 3.8) is 0 Å². The van der Waals surface area contributed by atoms with E-state index in [1.807, 2.05) is 42.6 Å². The largest absolute Gasteiger partial charge is 0.350 e. The van der Waals surface area contributed by atoms with E-state index in [2.05, 4.69) is 22.3 Å². The molecule has 0 saturated carbocycles. The zero-order valence-electron chi connectivity index (χ0n) is 13.6. The molecule has 0 unspecified atom stereocenters. The fourth-order valence-corrected chi connectivity index (χ4v) is 3.40. The lowest BCUT2D eigenvalue weighted by molar-refractivity contribution is -0.120. The van der Waals surface area contributed by atoms with E-state index in [0.29, 0.717) is 13.0 Å². The van der Waals surface area contributed by atoms with Gasteiger partial charge in [0.2, 0.25) is 10.9 Å². The summed E-state index contributed by atoms with van der Waals surface area (Å²) >= 11 is 1.60. The van der Waals surface area contributed by atoms with Crippen molar-refractivity contribution >= 4 is 22.2 Å². The molecule has 3 aromatic rings. The lowest BCUT2D eigenvalue weighted by Crippen LogP contribution is -2.26. The first-order chi connectivity index (χ1) is 11.1. The average molecular weight is 328 g/mol. The van der Waals surface area contributed by atoms with Crippen LogP contribution in [0.2, 0.25) is 0 Å². The quantitative estimate of drug-likeness (QED) is 0.783. The molecule has 0 aliphatic heterocycles. The van der Waals surface area contributed by atoms with Crippen molar-refractivity contribution in [1.29, 1.82) is 0 Å². The first-order valence-corrected chi connectivity index (χ1v) is 8.55. The second-order valence-corrected chi connectivity index (χ2v) is 6.61. The molecule has 0 bridgehead atoms. The maximum atomic E-state index is 12.2. The summed E-state index contributed by atoms with van der Waals surface area (Å²) in [7, 11) is 0. The second kappa shape index (κ2) is 6.50. The Morgan fingerprint density at radius 3 is 2.83 bits per heavy atom. The Morgan fingerprint density at radius 2 is 2.09 bits per heavy atom. The summed E-state index contributed by atoms with van der Waals surface area (Å²) in [5.41, 5.74) is 4.07. The van der Waals surface area contributed by atoms with Gasteiger partial charge < -0.3 is 5.32 Å². The molecule has 23 heavy (non-hydrogen) atoms. The standard InChI is InChI=1S/C17H20N4OS/c1-4-16-20-21-14(12(3)19-17(21)23-16)10-18-15(22)9-13-8-6-5-7-11(13)2/h5-8H,4,9-10H2,1-3H3,(H,18,22). The maximum absolute atomic E-state index is 12.2. The Labute approximate surface area is 139 Å². The van der Waals surface area contributed by atoms with E-state index < -0.39 is 0 Å². The van der Waals surface area contributed by atoms with Crippen molar-refractivity contribution in [2.24, 2.45) is 0 Å². The molecule has 5 nitrogen and oxygen atoms in total. The van der Waals surface area contributed by atoms with Crippen LogP contribution in [-0.4, -0.2) is 20.5 Å². The summed E-state index contributed by atoms with van der Waals surface area (Å²) in [4.78, 5) is 17.6. The van der Waals surface area contributed by atoms with E-state index in [4.69, 9.17) is 0 Å². The van der Waals surface area contributed by atoms with Gasteiger partial charge >= 0.3 is 0 Å². The van der Waals surface area contributed by atoms with Gasteiger partial charge in [0, 0.05) is 0 Å². The topological polar surface area (TPSA) is 59.3 Å². The Morgan fingerprint density at radius 1 is 1.30 bits per heavy atom. The molecule has 2 heterocycles. The van der Waals surface area contributed by atoms with Gasteiger partial charge in [0.15, 0.2) is 0 Å². The van der Waals surface area contributed by atoms with E-state index in [0.717, 1.165) is 38.9 Å². The Balaban J connectivity index is 1.70. The fraction of sp³-hybridized carbons (Fsp3) is 0.353. The lowest BCUT2D eigenvalue weighted by Gasteiger charge is -2.07. The third-order valence-corrected chi connectivity index (χ3v) is 4.96. The molecular formula is C17H20N4OS. The van der Waals surface area contributed by atoms with Gasteiger partial charge in [0.25, 0.3) is 0 Å². The number of nitrogens with one attached hydrogen (secondary N) is 1. The summed E-state index contributed by atoms with van der Waals surface area (Å²) in [6.07, 6.45) is 1.29. The van der Waals surface area contributed by atoms with Crippen LogP contribution in [0.5, 0.6) is 0 Å². The third-order valence-electron chi connectivity index (χ3n) is 3.91. The summed E-state index contributed by atoms with van der Waals surface area (Å²) in [5, 5.41) is 8.59. The van der Waals surface area contributed by atoms with Crippen molar-refractivity contribution < 1.29 is 4.79 Å². The number of aromatic nitrogens is 3. The monoisotopic (exact) mass is 328 g/mol. The number of imidazole rings is 1. The predicted molar refractivity (Wildman–Crippen MR) is 91.7 cm³/mol. The smallest absolute Gasteiger partial charge is 0.224 e. The number of hydrogen-bond donors (Lipinski definition) is 1. The lowest BCUT2D eigenvalue weighted by atomic mass is 10.1. The van der Waals surface area contributed by atoms with Crippen LogP contribution in [0.3, 0.4) is 0 Å². The minimum Gasteiger partial charge on any atom is -0.350 e. The van der Waals surface area contributed by atoms with Gasteiger partial charge in [0.05, 0.1) is 24.4 Å². The van der Waals surface area contributed by atoms with Crippen LogP contribution in [-0.2, 0) is 24.2 Å². The molecule has 0 spiro atoms. The molecule has 120 valence electrons. The first-order valence-electron chi connectivity index (χ1n) is 7.73. The van der Waals surface area contributed by atoms with Crippen molar-refractivity contribution in [3.05, 3.63) is 51.8 Å². The predicted octanol–water partition coefficient (Wildman–Crippen LogP) is 2.83. The summed E-state index contributed by atoms with van der Waals surface area (Å²) in [5.74, 6) is 0.0135. The number of hydrogen-bond acceptors (Lipinski definition) is 4. The fourth-order valence-electron chi connectivity index (χ4n) is 2.50. The van der Waals surface area contributed by atoms with Crippen molar-refractivity contribution in [1.82, 2.24) is 19.9 Å². The highest BCUT2D eigenvalue weighted by Crippen LogP contribution is 2.19. The van der Waals surface area contributed by atoms with Gasteiger partial charge in [-0.25, -0.2) is 9.50 Å². The minimum absolute atomic E-state index is 0.0135. The summed E-state index contributed by atoms with van der Waals surface area (Å²) in [6.45, 7) is 6.50. The van der Waals surface area contributed by atoms with Crippen LogP contribution in [0.25, 0.3) is 4.96 Å². The van der Waals surface area contributed by atoms with Gasteiger partial charge in [-0.05, 0) is 31.4 Å². The van der Waals surface area contributed by atoms with Crippen LogP contribution in [0, 0.1) is 13.8 Å². The third kappa shape index (κ3) is 3.27. The van der Waals surface area contributed by atoms with Crippen molar-refractivity contribution in [3.8, 4) is 0 Å². The van der Waals surface area contributed by atoms with Gasteiger partial charge in [0.1, 0.15) is 5.01 Å². The number of carbonyl (C=O) groups excluding carboxylic acids is 1. The summed E-state index contributed by atoms with van der Waals surface area (Å²) < 4.78 is 1.85. The SMILES string of the molecule is CCc1nn2c(CNC(=O)Cc3ccccc3C)c(C)nc2s1. The van der Waals surface area contributed by atoms with Crippen molar-refractivity contribution in [2.45, 2.75) is 40.2 Å². The maximum Gasteiger partial charge on any atom is 0.224 e. The molecule has 1 aromatic carbocycles. The number of benzene rings is 1. The molecule has 1 amide bonds. The van der Waals surface area contributed by atoms with E-state index in [-0.39, 0.29) is 5.91 Å². The number of carbonyl (C=O) groups is 1. The molecular weight excluding hydrogens is 308 g/mol. The highest BCUT2D eigenvalue weighted by atomic mass is 32.1. The molecule has 0 radical (unpaired) electrons.